The second kappa shape index (κ2) is 20.3. The minimum absolute atomic E-state index is 0.768. The molecule has 102 valence electrons. The Bertz CT molecular complexity index is 94.7. The van der Waals surface area contributed by atoms with Crippen LogP contribution in [0.5, 0.6) is 0 Å². The smallest absolute Gasteiger partial charge is 0.00767 e. The molecule has 0 bridgehead atoms. The van der Waals surface area contributed by atoms with Gasteiger partial charge in [-0.3, -0.25) is 0 Å². The van der Waals surface area contributed by atoms with Crippen LogP contribution >= 0.6 is 0 Å². The maximum Gasteiger partial charge on any atom is 0.00767 e. The van der Waals surface area contributed by atoms with Gasteiger partial charge in [0.15, 0.2) is 0 Å². The predicted octanol–water partition coefficient (Wildman–Crippen LogP) is 3.77. The number of hydrogen-bond donors (Lipinski definition) is 1. The Morgan fingerprint density at radius 3 is 1.81 bits per heavy atom. The highest BCUT2D eigenvalue weighted by Gasteiger charge is 2.11. The first-order valence-electron chi connectivity index (χ1n) is 7.18. The molecule has 0 radical (unpaired) electrons. The van der Waals surface area contributed by atoms with E-state index in [-0.39, 0.29) is 0 Å². The third kappa shape index (κ3) is 13.9. The SMILES string of the molecule is CC.CC.CC.CNC1CCCN(C)CC1. The van der Waals surface area contributed by atoms with Crippen molar-refractivity contribution >= 4 is 0 Å². The molecular weight excluding hydrogens is 196 g/mol. The van der Waals surface area contributed by atoms with Gasteiger partial charge in [0.1, 0.15) is 0 Å². The topological polar surface area (TPSA) is 15.3 Å². The van der Waals surface area contributed by atoms with E-state index in [0.717, 1.165) is 6.04 Å². The Morgan fingerprint density at radius 2 is 1.38 bits per heavy atom. The van der Waals surface area contributed by atoms with Gasteiger partial charge in [-0.2, -0.15) is 0 Å². The van der Waals surface area contributed by atoms with E-state index in [1.807, 2.05) is 41.5 Å². The molecule has 1 heterocycles. The fourth-order valence-electron chi connectivity index (χ4n) is 1.53. The third-order valence-electron chi connectivity index (χ3n) is 2.36. The predicted molar refractivity (Wildman–Crippen MR) is 78.2 cm³/mol. The average molecular weight is 232 g/mol. The van der Waals surface area contributed by atoms with Gasteiger partial charge in [0.2, 0.25) is 0 Å². The van der Waals surface area contributed by atoms with E-state index in [0.29, 0.717) is 0 Å². The van der Waals surface area contributed by atoms with Gasteiger partial charge in [-0.05, 0) is 46.4 Å². The molecular formula is C14H36N2. The van der Waals surface area contributed by atoms with Crippen molar-refractivity contribution in [2.24, 2.45) is 0 Å². The molecule has 16 heavy (non-hydrogen) atoms. The van der Waals surface area contributed by atoms with Gasteiger partial charge in [0.25, 0.3) is 0 Å². The molecule has 1 saturated heterocycles. The van der Waals surface area contributed by atoms with Crippen molar-refractivity contribution in [3.8, 4) is 0 Å². The monoisotopic (exact) mass is 232 g/mol. The van der Waals surface area contributed by atoms with Crippen LogP contribution in [0.2, 0.25) is 0 Å². The second-order valence-electron chi connectivity index (χ2n) is 3.22. The van der Waals surface area contributed by atoms with Crippen LogP contribution in [0.1, 0.15) is 60.8 Å². The van der Waals surface area contributed by atoms with Gasteiger partial charge in [-0.15, -0.1) is 0 Å². The van der Waals surface area contributed by atoms with Gasteiger partial charge < -0.3 is 10.2 Å². The van der Waals surface area contributed by atoms with E-state index in [9.17, 15) is 0 Å². The molecule has 0 aromatic heterocycles. The highest BCUT2D eigenvalue weighted by molar-refractivity contribution is 4.71. The Morgan fingerprint density at radius 1 is 0.875 bits per heavy atom. The van der Waals surface area contributed by atoms with Crippen LogP contribution in [0.4, 0.5) is 0 Å². The molecule has 1 aliphatic rings. The van der Waals surface area contributed by atoms with Gasteiger partial charge in [-0.1, -0.05) is 41.5 Å². The fraction of sp³-hybridized carbons (Fsp3) is 1.00. The Labute approximate surface area is 105 Å². The molecule has 1 rings (SSSR count). The zero-order valence-electron chi connectivity index (χ0n) is 13.1. The average Bonchev–Trinajstić information content (AvgIpc) is 2.61. The lowest BCUT2D eigenvalue weighted by Crippen LogP contribution is -2.26. The maximum absolute atomic E-state index is 3.34. The molecule has 1 atom stereocenters. The Balaban J connectivity index is -0.000000245. The van der Waals surface area contributed by atoms with Crippen LogP contribution in [-0.2, 0) is 0 Å². The van der Waals surface area contributed by atoms with E-state index < -0.39 is 0 Å². The maximum atomic E-state index is 3.34. The first-order chi connectivity index (χ1) is 7.83. The number of nitrogens with zero attached hydrogens (tertiary/aromatic N) is 1. The fourth-order valence-corrected chi connectivity index (χ4v) is 1.53. The highest BCUT2D eigenvalue weighted by Crippen LogP contribution is 2.08. The summed E-state index contributed by atoms with van der Waals surface area (Å²) in [6.45, 7) is 14.5. The molecule has 1 fully saturated rings. The van der Waals surface area contributed by atoms with Gasteiger partial charge in [0.05, 0.1) is 0 Å². The van der Waals surface area contributed by atoms with Crippen LogP contribution in [-0.4, -0.2) is 38.1 Å². The molecule has 1 aliphatic heterocycles. The molecule has 0 aromatic rings. The number of hydrogen-bond acceptors (Lipinski definition) is 2. The first-order valence-corrected chi connectivity index (χ1v) is 7.18. The summed E-state index contributed by atoms with van der Waals surface area (Å²) < 4.78 is 0. The minimum Gasteiger partial charge on any atom is -0.317 e. The molecule has 0 spiro atoms. The summed E-state index contributed by atoms with van der Waals surface area (Å²) in [5, 5.41) is 3.34. The van der Waals surface area contributed by atoms with E-state index in [4.69, 9.17) is 0 Å². The lowest BCUT2D eigenvalue weighted by atomic mass is 10.1. The summed E-state index contributed by atoms with van der Waals surface area (Å²) in [5.74, 6) is 0. The van der Waals surface area contributed by atoms with Gasteiger partial charge >= 0.3 is 0 Å². The van der Waals surface area contributed by atoms with Crippen molar-refractivity contribution in [3.63, 3.8) is 0 Å². The Kier molecular flexibility index (Phi) is 27.0. The second-order valence-corrected chi connectivity index (χ2v) is 3.22. The zero-order valence-corrected chi connectivity index (χ0v) is 13.1. The number of likely N-dealkylation sites (tertiary alicyclic amines) is 1. The minimum atomic E-state index is 0.768. The molecule has 0 amide bonds. The third-order valence-corrected chi connectivity index (χ3v) is 2.36. The van der Waals surface area contributed by atoms with Crippen molar-refractivity contribution in [3.05, 3.63) is 0 Å². The van der Waals surface area contributed by atoms with Crippen LogP contribution in [0.25, 0.3) is 0 Å². The van der Waals surface area contributed by atoms with E-state index in [1.54, 1.807) is 0 Å². The van der Waals surface area contributed by atoms with Crippen molar-refractivity contribution in [2.45, 2.75) is 66.8 Å². The van der Waals surface area contributed by atoms with Crippen molar-refractivity contribution in [1.29, 1.82) is 0 Å². The highest BCUT2D eigenvalue weighted by atomic mass is 15.1. The lowest BCUT2D eigenvalue weighted by Gasteiger charge is -2.13. The van der Waals surface area contributed by atoms with E-state index in [1.165, 1.54) is 32.4 Å². The molecule has 0 aliphatic carbocycles. The normalized spacial score (nSPS) is 19.9. The number of rotatable bonds is 1. The van der Waals surface area contributed by atoms with Crippen LogP contribution in [0.15, 0.2) is 0 Å². The molecule has 1 unspecified atom stereocenters. The van der Waals surface area contributed by atoms with E-state index >= 15 is 0 Å². The number of nitrogens with one attached hydrogen (secondary N) is 1. The zero-order chi connectivity index (χ0) is 13.4. The molecule has 2 nitrogen and oxygen atoms in total. The molecule has 0 saturated carbocycles. The lowest BCUT2D eigenvalue weighted by molar-refractivity contribution is 0.345. The van der Waals surface area contributed by atoms with Crippen molar-refractivity contribution < 1.29 is 0 Å². The van der Waals surface area contributed by atoms with E-state index in [2.05, 4.69) is 24.3 Å². The molecule has 0 aromatic carbocycles. The quantitative estimate of drug-likeness (QED) is 0.740. The molecule has 1 N–H and O–H groups in total. The van der Waals surface area contributed by atoms with Crippen molar-refractivity contribution in [1.82, 2.24) is 10.2 Å². The summed E-state index contributed by atoms with van der Waals surface area (Å²) in [6.07, 6.45) is 4.01. The molecule has 2 heteroatoms. The summed E-state index contributed by atoms with van der Waals surface area (Å²) in [5.41, 5.74) is 0. The van der Waals surface area contributed by atoms with Gasteiger partial charge in [0, 0.05) is 6.04 Å². The standard InChI is InChI=1S/C8H18N2.3C2H6/c1-9-8-4-3-6-10(2)7-5-8;3*1-2/h8-9H,3-7H2,1-2H3;3*1-2H3. The van der Waals surface area contributed by atoms with Gasteiger partial charge in [-0.25, -0.2) is 0 Å². The summed E-state index contributed by atoms with van der Waals surface area (Å²) in [4.78, 5) is 2.41. The summed E-state index contributed by atoms with van der Waals surface area (Å²) in [7, 11) is 4.27. The summed E-state index contributed by atoms with van der Waals surface area (Å²) >= 11 is 0. The largest absolute Gasteiger partial charge is 0.317 e. The van der Waals surface area contributed by atoms with Crippen LogP contribution in [0, 0.1) is 0 Å². The van der Waals surface area contributed by atoms with Crippen LogP contribution < -0.4 is 5.32 Å². The first kappa shape index (κ1) is 21.2. The summed E-state index contributed by atoms with van der Waals surface area (Å²) in [6, 6.07) is 0.768. The van der Waals surface area contributed by atoms with Crippen molar-refractivity contribution in [2.75, 3.05) is 27.2 Å². The Hall–Kier alpha value is -0.0800. The van der Waals surface area contributed by atoms with Crippen LogP contribution in [0.3, 0.4) is 0 Å².